The molecule has 30 heavy (non-hydrogen) atoms. The zero-order chi connectivity index (χ0) is 22.1. The topological polar surface area (TPSA) is 117 Å². The molecule has 2 N–H and O–H groups in total. The summed E-state index contributed by atoms with van der Waals surface area (Å²) in [5.74, 6) is 1.40. The van der Waals surface area contributed by atoms with Gasteiger partial charge in [-0.15, -0.1) is 10.2 Å². The highest BCUT2D eigenvalue weighted by molar-refractivity contribution is 8.00. The Hall–Kier alpha value is -2.79. The molecule has 0 saturated carbocycles. The number of amides is 3. The van der Waals surface area contributed by atoms with Gasteiger partial charge in [-0.1, -0.05) is 11.8 Å². The fourth-order valence-corrected chi connectivity index (χ4v) is 3.50. The average molecular weight is 438 g/mol. The molecule has 0 fully saturated rings. The van der Waals surface area contributed by atoms with Gasteiger partial charge in [0.2, 0.25) is 5.91 Å². The van der Waals surface area contributed by atoms with E-state index in [1.807, 2.05) is 16.7 Å². The standard InChI is InChI=1S/C19H27N5O5S/c1-12(17(25)21-18(26)20-2)30-19-23-22-16(24(19)9-6-10-27-3)13-7-8-14(28-4)15(11-13)29-5/h7-8,11-12H,6,9-10H2,1-5H3,(H2,20,21,25,26). The van der Waals surface area contributed by atoms with E-state index in [1.165, 1.54) is 18.8 Å². The van der Waals surface area contributed by atoms with E-state index in [2.05, 4.69) is 20.8 Å². The van der Waals surface area contributed by atoms with E-state index in [0.29, 0.717) is 35.6 Å². The summed E-state index contributed by atoms with van der Waals surface area (Å²) in [6.45, 7) is 2.87. The van der Waals surface area contributed by atoms with Gasteiger partial charge in [0.05, 0.1) is 19.5 Å². The van der Waals surface area contributed by atoms with Gasteiger partial charge >= 0.3 is 6.03 Å². The molecule has 10 nitrogen and oxygen atoms in total. The van der Waals surface area contributed by atoms with Crippen molar-refractivity contribution < 1.29 is 23.8 Å². The molecule has 2 rings (SSSR count). The van der Waals surface area contributed by atoms with Crippen LogP contribution in [-0.2, 0) is 16.1 Å². The third-order valence-electron chi connectivity index (χ3n) is 4.20. The van der Waals surface area contributed by atoms with E-state index >= 15 is 0 Å². The van der Waals surface area contributed by atoms with Crippen molar-refractivity contribution in [2.24, 2.45) is 0 Å². The second-order valence-electron chi connectivity index (χ2n) is 6.20. The summed E-state index contributed by atoms with van der Waals surface area (Å²) >= 11 is 1.22. The Kier molecular flexibility index (Phi) is 8.93. The van der Waals surface area contributed by atoms with Crippen molar-refractivity contribution in [1.82, 2.24) is 25.4 Å². The summed E-state index contributed by atoms with van der Waals surface area (Å²) < 4.78 is 17.8. The first kappa shape index (κ1) is 23.5. The van der Waals surface area contributed by atoms with E-state index in [0.717, 1.165) is 12.0 Å². The van der Waals surface area contributed by atoms with Crippen molar-refractivity contribution in [3.8, 4) is 22.9 Å². The van der Waals surface area contributed by atoms with Crippen LogP contribution < -0.4 is 20.1 Å². The number of hydrogen-bond acceptors (Lipinski definition) is 8. The smallest absolute Gasteiger partial charge is 0.321 e. The molecule has 1 aromatic heterocycles. The van der Waals surface area contributed by atoms with Crippen molar-refractivity contribution in [3.63, 3.8) is 0 Å². The Bertz CT molecular complexity index is 873. The van der Waals surface area contributed by atoms with Gasteiger partial charge in [0, 0.05) is 32.9 Å². The van der Waals surface area contributed by atoms with Crippen LogP contribution in [0.1, 0.15) is 13.3 Å². The number of carbonyl (C=O) groups excluding carboxylic acids is 2. The summed E-state index contributed by atoms with van der Waals surface area (Å²) in [6.07, 6.45) is 0.737. The molecule has 0 radical (unpaired) electrons. The van der Waals surface area contributed by atoms with Gasteiger partial charge in [-0.25, -0.2) is 4.79 Å². The Labute approximate surface area is 179 Å². The van der Waals surface area contributed by atoms with Crippen LogP contribution in [0, 0.1) is 0 Å². The minimum absolute atomic E-state index is 0.418. The zero-order valence-corrected chi connectivity index (χ0v) is 18.5. The number of rotatable bonds is 10. The second-order valence-corrected chi connectivity index (χ2v) is 7.51. The van der Waals surface area contributed by atoms with Crippen LogP contribution >= 0.6 is 11.8 Å². The largest absolute Gasteiger partial charge is 0.493 e. The predicted octanol–water partition coefficient (Wildman–Crippen LogP) is 1.93. The van der Waals surface area contributed by atoms with Crippen LogP contribution in [0.2, 0.25) is 0 Å². The molecule has 164 valence electrons. The van der Waals surface area contributed by atoms with E-state index in [4.69, 9.17) is 14.2 Å². The third-order valence-corrected chi connectivity index (χ3v) is 5.28. The molecule has 0 aliphatic heterocycles. The molecule has 1 heterocycles. The van der Waals surface area contributed by atoms with Gasteiger partial charge in [-0.2, -0.15) is 0 Å². The van der Waals surface area contributed by atoms with Gasteiger partial charge < -0.3 is 24.1 Å². The number of benzene rings is 1. The van der Waals surface area contributed by atoms with Crippen molar-refractivity contribution in [2.75, 3.05) is 35.0 Å². The van der Waals surface area contributed by atoms with Crippen LogP contribution in [-0.4, -0.2) is 66.9 Å². The van der Waals surface area contributed by atoms with Crippen LogP contribution in [0.15, 0.2) is 23.4 Å². The molecular weight excluding hydrogens is 410 g/mol. The summed E-state index contributed by atoms with van der Waals surface area (Å²) in [4.78, 5) is 23.6. The highest BCUT2D eigenvalue weighted by Gasteiger charge is 2.22. The Morgan fingerprint density at radius 1 is 1.17 bits per heavy atom. The van der Waals surface area contributed by atoms with Crippen LogP contribution in [0.5, 0.6) is 11.5 Å². The highest BCUT2D eigenvalue weighted by atomic mass is 32.2. The molecule has 1 unspecified atom stereocenters. The number of thioether (sulfide) groups is 1. The van der Waals surface area contributed by atoms with Crippen LogP contribution in [0.25, 0.3) is 11.4 Å². The number of carbonyl (C=O) groups is 2. The van der Waals surface area contributed by atoms with E-state index in [1.54, 1.807) is 34.3 Å². The molecule has 11 heteroatoms. The first-order valence-electron chi connectivity index (χ1n) is 9.28. The van der Waals surface area contributed by atoms with Gasteiger partial charge in [0.25, 0.3) is 0 Å². The van der Waals surface area contributed by atoms with Gasteiger partial charge in [0.15, 0.2) is 22.5 Å². The fourth-order valence-electron chi connectivity index (χ4n) is 2.62. The lowest BCUT2D eigenvalue weighted by molar-refractivity contribution is -0.119. The molecule has 0 saturated heterocycles. The first-order chi connectivity index (χ1) is 14.4. The lowest BCUT2D eigenvalue weighted by Crippen LogP contribution is -2.41. The Morgan fingerprint density at radius 3 is 2.53 bits per heavy atom. The van der Waals surface area contributed by atoms with E-state index < -0.39 is 17.2 Å². The number of nitrogens with one attached hydrogen (secondary N) is 2. The van der Waals surface area contributed by atoms with Gasteiger partial charge in [-0.05, 0) is 31.5 Å². The van der Waals surface area contributed by atoms with E-state index in [-0.39, 0.29) is 0 Å². The number of methoxy groups -OCH3 is 3. The molecule has 0 bridgehead atoms. The summed E-state index contributed by atoms with van der Waals surface area (Å²) in [7, 11) is 6.23. The summed E-state index contributed by atoms with van der Waals surface area (Å²) in [5.41, 5.74) is 0.798. The Balaban J connectivity index is 2.32. The monoisotopic (exact) mass is 437 g/mol. The number of ether oxygens (including phenoxy) is 3. The maximum atomic E-state index is 12.2. The molecule has 0 aliphatic carbocycles. The number of hydrogen-bond donors (Lipinski definition) is 2. The Morgan fingerprint density at radius 2 is 1.90 bits per heavy atom. The first-order valence-corrected chi connectivity index (χ1v) is 10.2. The fraction of sp³-hybridized carbons (Fsp3) is 0.474. The van der Waals surface area contributed by atoms with E-state index in [9.17, 15) is 9.59 Å². The second kappa shape index (κ2) is 11.4. The maximum Gasteiger partial charge on any atom is 0.321 e. The lowest BCUT2D eigenvalue weighted by atomic mass is 10.2. The number of imide groups is 1. The molecule has 1 atom stereocenters. The third kappa shape index (κ3) is 5.86. The molecule has 3 amide bonds. The molecule has 1 aromatic carbocycles. The van der Waals surface area contributed by atoms with Crippen molar-refractivity contribution >= 4 is 23.7 Å². The van der Waals surface area contributed by atoms with Crippen LogP contribution in [0.3, 0.4) is 0 Å². The van der Waals surface area contributed by atoms with Crippen molar-refractivity contribution in [1.29, 1.82) is 0 Å². The lowest BCUT2D eigenvalue weighted by Gasteiger charge is -2.14. The van der Waals surface area contributed by atoms with Crippen molar-refractivity contribution in [2.45, 2.75) is 30.3 Å². The zero-order valence-electron chi connectivity index (χ0n) is 17.7. The minimum atomic E-state index is -0.556. The van der Waals surface area contributed by atoms with Crippen LogP contribution in [0.4, 0.5) is 4.79 Å². The molecular formula is C19H27N5O5S. The highest BCUT2D eigenvalue weighted by Crippen LogP contribution is 2.33. The number of aromatic nitrogens is 3. The quantitative estimate of drug-likeness (QED) is 0.428. The van der Waals surface area contributed by atoms with Gasteiger partial charge in [-0.3, -0.25) is 10.1 Å². The van der Waals surface area contributed by atoms with Gasteiger partial charge in [0.1, 0.15) is 0 Å². The SMILES string of the molecule is CNC(=O)NC(=O)C(C)Sc1nnc(-c2ccc(OC)c(OC)c2)n1CCCOC. The summed E-state index contributed by atoms with van der Waals surface area (Å²) in [5, 5.41) is 13.2. The number of nitrogens with zero attached hydrogens (tertiary/aromatic N) is 3. The average Bonchev–Trinajstić information content (AvgIpc) is 3.15. The molecule has 0 aliphatic rings. The van der Waals surface area contributed by atoms with Crippen molar-refractivity contribution in [3.05, 3.63) is 18.2 Å². The predicted molar refractivity (Wildman–Crippen MR) is 113 cm³/mol. The minimum Gasteiger partial charge on any atom is -0.493 e. The molecule has 0 spiro atoms. The summed E-state index contributed by atoms with van der Waals surface area (Å²) in [6, 6.07) is 4.94. The normalized spacial score (nSPS) is 11.6. The number of urea groups is 1. The maximum absolute atomic E-state index is 12.2. The molecule has 2 aromatic rings.